The van der Waals surface area contributed by atoms with Gasteiger partial charge >= 0.3 is 0 Å². The molecule has 3 rings (SSSR count). The molecule has 0 aliphatic heterocycles. The predicted molar refractivity (Wildman–Crippen MR) is 90.1 cm³/mol. The third-order valence-electron chi connectivity index (χ3n) is 3.62. The Labute approximate surface area is 140 Å². The Bertz CT molecular complexity index is 987. The third-order valence-corrected chi connectivity index (χ3v) is 3.62. The Kier molecular flexibility index (Phi) is 4.14. The molecule has 0 spiro atoms. The van der Waals surface area contributed by atoms with Crippen molar-refractivity contribution in [3.8, 4) is 16.9 Å². The van der Waals surface area contributed by atoms with Crippen LogP contribution in [0.2, 0.25) is 0 Å². The van der Waals surface area contributed by atoms with Crippen LogP contribution in [0.1, 0.15) is 10.4 Å². The number of amides is 1. The van der Waals surface area contributed by atoms with Crippen LogP contribution in [0.15, 0.2) is 59.4 Å². The zero-order valence-electron chi connectivity index (χ0n) is 12.8. The zero-order valence-corrected chi connectivity index (χ0v) is 12.8. The highest BCUT2D eigenvalue weighted by Crippen LogP contribution is 2.23. The fourth-order valence-electron chi connectivity index (χ4n) is 2.41. The summed E-state index contributed by atoms with van der Waals surface area (Å²) in [5.74, 6) is 4.66. The van der Waals surface area contributed by atoms with Gasteiger partial charge in [-0.1, -0.05) is 0 Å². The molecule has 0 radical (unpaired) electrons. The lowest BCUT2D eigenvalue weighted by atomic mass is 10.1. The SMILES string of the molecule is NNC(=O)c1ccc(-n2[nH]c(=O)cc2-c2ccc([N+](=O)[O-])cc2)cc1. The number of hydrazine groups is 1. The Morgan fingerprint density at radius 3 is 2.32 bits per heavy atom. The monoisotopic (exact) mass is 339 g/mol. The van der Waals surface area contributed by atoms with Crippen LogP contribution in [0.5, 0.6) is 0 Å². The Morgan fingerprint density at radius 2 is 1.76 bits per heavy atom. The van der Waals surface area contributed by atoms with Crippen molar-refractivity contribution >= 4 is 11.6 Å². The van der Waals surface area contributed by atoms with E-state index >= 15 is 0 Å². The maximum atomic E-state index is 11.8. The molecule has 25 heavy (non-hydrogen) atoms. The lowest BCUT2D eigenvalue weighted by Gasteiger charge is -2.09. The molecule has 0 atom stereocenters. The molecule has 3 aromatic rings. The number of nitrogen functional groups attached to an aromatic ring is 1. The zero-order chi connectivity index (χ0) is 18.0. The van der Waals surface area contributed by atoms with Crippen LogP contribution in [-0.4, -0.2) is 20.6 Å². The van der Waals surface area contributed by atoms with Crippen LogP contribution in [0, 0.1) is 10.1 Å². The molecule has 0 unspecified atom stereocenters. The lowest BCUT2D eigenvalue weighted by molar-refractivity contribution is -0.384. The minimum absolute atomic E-state index is 0.0367. The summed E-state index contributed by atoms with van der Waals surface area (Å²) in [6.45, 7) is 0. The number of rotatable bonds is 4. The van der Waals surface area contributed by atoms with Gasteiger partial charge in [0.2, 0.25) is 0 Å². The van der Waals surface area contributed by atoms with Crippen molar-refractivity contribution in [3.63, 3.8) is 0 Å². The number of benzene rings is 2. The Morgan fingerprint density at radius 1 is 1.12 bits per heavy atom. The minimum atomic E-state index is -0.491. The van der Waals surface area contributed by atoms with Crippen molar-refractivity contribution in [1.29, 1.82) is 0 Å². The van der Waals surface area contributed by atoms with Gasteiger partial charge in [-0.25, -0.2) is 5.84 Å². The van der Waals surface area contributed by atoms with E-state index in [0.29, 0.717) is 22.5 Å². The molecule has 0 fully saturated rings. The number of nitrogens with one attached hydrogen (secondary N) is 2. The average Bonchev–Trinajstić information content (AvgIpc) is 3.03. The molecule has 0 bridgehead atoms. The normalized spacial score (nSPS) is 10.4. The Hall–Kier alpha value is -3.72. The van der Waals surface area contributed by atoms with Crippen LogP contribution in [-0.2, 0) is 0 Å². The molecule has 1 aromatic heterocycles. The minimum Gasteiger partial charge on any atom is -0.290 e. The summed E-state index contributed by atoms with van der Waals surface area (Å²) in [6, 6.07) is 13.7. The highest BCUT2D eigenvalue weighted by Gasteiger charge is 2.12. The van der Waals surface area contributed by atoms with Gasteiger partial charge in [0.05, 0.1) is 16.3 Å². The number of aromatic nitrogens is 2. The van der Waals surface area contributed by atoms with E-state index in [1.54, 1.807) is 36.4 Å². The number of carbonyl (C=O) groups excluding carboxylic acids is 1. The molecule has 1 heterocycles. The van der Waals surface area contributed by atoms with Crippen molar-refractivity contribution in [2.75, 3.05) is 0 Å². The number of carbonyl (C=O) groups is 1. The number of non-ortho nitro benzene ring substituents is 1. The van der Waals surface area contributed by atoms with E-state index in [0.717, 1.165) is 0 Å². The number of nitrogens with two attached hydrogens (primary N) is 1. The molecule has 126 valence electrons. The van der Waals surface area contributed by atoms with Gasteiger partial charge in [-0.05, 0) is 36.4 Å². The number of nitro groups is 1. The maximum absolute atomic E-state index is 11.8. The van der Waals surface area contributed by atoms with Crippen molar-refractivity contribution < 1.29 is 9.72 Å². The second-order valence-corrected chi connectivity index (χ2v) is 5.17. The summed E-state index contributed by atoms with van der Waals surface area (Å²) in [7, 11) is 0. The van der Waals surface area contributed by atoms with Gasteiger partial charge in [-0.15, -0.1) is 0 Å². The van der Waals surface area contributed by atoms with E-state index < -0.39 is 10.8 Å². The molecule has 0 saturated heterocycles. The number of nitro benzene ring substituents is 1. The topological polar surface area (TPSA) is 136 Å². The number of aromatic amines is 1. The molecule has 0 aliphatic rings. The highest BCUT2D eigenvalue weighted by molar-refractivity contribution is 5.93. The summed E-state index contributed by atoms with van der Waals surface area (Å²) >= 11 is 0. The molecule has 9 heteroatoms. The Balaban J connectivity index is 2.02. The van der Waals surface area contributed by atoms with E-state index in [-0.39, 0.29) is 11.2 Å². The van der Waals surface area contributed by atoms with Crippen LogP contribution >= 0.6 is 0 Å². The number of hydrogen-bond donors (Lipinski definition) is 3. The molecule has 9 nitrogen and oxygen atoms in total. The van der Waals surface area contributed by atoms with Gasteiger partial charge in [0.25, 0.3) is 17.2 Å². The van der Waals surface area contributed by atoms with Crippen LogP contribution < -0.4 is 16.8 Å². The third kappa shape index (κ3) is 3.16. The van der Waals surface area contributed by atoms with Crippen molar-refractivity contribution in [2.45, 2.75) is 0 Å². The summed E-state index contributed by atoms with van der Waals surface area (Å²) in [5, 5.41) is 13.4. The number of nitrogens with zero attached hydrogens (tertiary/aromatic N) is 2. The highest BCUT2D eigenvalue weighted by atomic mass is 16.6. The van der Waals surface area contributed by atoms with Gasteiger partial charge in [-0.2, -0.15) is 0 Å². The molecule has 4 N–H and O–H groups in total. The number of H-pyrrole nitrogens is 1. The molecule has 1 amide bonds. The summed E-state index contributed by atoms with van der Waals surface area (Å²) < 4.78 is 1.54. The van der Waals surface area contributed by atoms with Crippen molar-refractivity contribution in [2.24, 2.45) is 5.84 Å². The molecule has 0 aliphatic carbocycles. The fraction of sp³-hybridized carbons (Fsp3) is 0. The number of hydrogen-bond acceptors (Lipinski definition) is 5. The first-order valence-electron chi connectivity index (χ1n) is 7.18. The summed E-state index contributed by atoms with van der Waals surface area (Å²) in [4.78, 5) is 33.5. The molecule has 2 aromatic carbocycles. The first-order chi connectivity index (χ1) is 12.0. The second-order valence-electron chi connectivity index (χ2n) is 5.17. The predicted octanol–water partition coefficient (Wildman–Crippen LogP) is 1.34. The summed E-state index contributed by atoms with van der Waals surface area (Å²) in [5.41, 5.74) is 3.84. The van der Waals surface area contributed by atoms with Crippen molar-refractivity contribution in [1.82, 2.24) is 15.2 Å². The quantitative estimate of drug-likeness (QED) is 0.285. The average molecular weight is 339 g/mol. The molecule has 0 saturated carbocycles. The molecular weight excluding hydrogens is 326 g/mol. The van der Waals surface area contributed by atoms with Gasteiger partial charge in [-0.3, -0.25) is 34.9 Å². The first-order valence-corrected chi connectivity index (χ1v) is 7.18. The standard InChI is InChI=1S/C16H13N5O4/c17-18-16(23)11-3-5-12(6-4-11)20-14(9-15(22)19-20)10-1-7-13(8-2-10)21(24)25/h1-9H,17H2,(H,18,23)(H,19,22). The maximum Gasteiger partial charge on any atom is 0.269 e. The second kappa shape index (κ2) is 6.42. The smallest absolute Gasteiger partial charge is 0.269 e. The lowest BCUT2D eigenvalue weighted by Crippen LogP contribution is -2.29. The van der Waals surface area contributed by atoms with Crippen molar-refractivity contribution in [3.05, 3.63) is 80.6 Å². The van der Waals surface area contributed by atoms with Gasteiger partial charge in [0.15, 0.2) is 0 Å². The van der Waals surface area contributed by atoms with E-state index in [2.05, 4.69) is 5.10 Å². The van der Waals surface area contributed by atoms with Gasteiger partial charge in [0.1, 0.15) is 0 Å². The first kappa shape index (κ1) is 16.1. The molecular formula is C16H13N5O4. The largest absolute Gasteiger partial charge is 0.290 e. The van der Waals surface area contributed by atoms with Gasteiger partial charge in [0, 0.05) is 29.3 Å². The van der Waals surface area contributed by atoms with Crippen LogP contribution in [0.3, 0.4) is 0 Å². The van der Waals surface area contributed by atoms with Gasteiger partial charge < -0.3 is 0 Å². The van der Waals surface area contributed by atoms with E-state index in [1.807, 2.05) is 5.43 Å². The fourth-order valence-corrected chi connectivity index (χ4v) is 2.41. The van der Waals surface area contributed by atoms with E-state index in [9.17, 15) is 19.7 Å². The van der Waals surface area contributed by atoms with E-state index in [4.69, 9.17) is 5.84 Å². The van der Waals surface area contributed by atoms with E-state index in [1.165, 1.54) is 22.9 Å². The summed E-state index contributed by atoms with van der Waals surface area (Å²) in [6.07, 6.45) is 0. The van der Waals surface area contributed by atoms with Crippen LogP contribution in [0.25, 0.3) is 16.9 Å². The van der Waals surface area contributed by atoms with Crippen LogP contribution in [0.4, 0.5) is 5.69 Å².